The van der Waals surface area contributed by atoms with Gasteiger partial charge in [0.2, 0.25) is 0 Å². The van der Waals surface area contributed by atoms with E-state index in [1.165, 1.54) is 12.8 Å². The van der Waals surface area contributed by atoms with Crippen molar-refractivity contribution in [1.29, 1.82) is 0 Å². The van der Waals surface area contributed by atoms with Crippen molar-refractivity contribution in [3.8, 4) is 0 Å². The Morgan fingerprint density at radius 1 is 1.44 bits per heavy atom. The Kier molecular flexibility index (Phi) is 1.55. The molecular formula is C8H17N. The van der Waals surface area contributed by atoms with Crippen molar-refractivity contribution in [3.05, 3.63) is 0 Å². The van der Waals surface area contributed by atoms with Crippen LogP contribution in [-0.2, 0) is 0 Å². The van der Waals surface area contributed by atoms with Crippen LogP contribution < -0.4 is 0 Å². The summed E-state index contributed by atoms with van der Waals surface area (Å²) in [5, 5.41) is 0. The van der Waals surface area contributed by atoms with Crippen molar-refractivity contribution in [3.63, 3.8) is 0 Å². The summed E-state index contributed by atoms with van der Waals surface area (Å²) >= 11 is 0. The number of hydrogen-bond donors (Lipinski definition) is 0. The molecule has 0 saturated carbocycles. The van der Waals surface area contributed by atoms with E-state index in [0.29, 0.717) is 5.54 Å². The van der Waals surface area contributed by atoms with Gasteiger partial charge in [-0.3, -0.25) is 4.90 Å². The molecule has 1 heterocycles. The van der Waals surface area contributed by atoms with Gasteiger partial charge in [0, 0.05) is 11.6 Å². The molecule has 0 amide bonds. The fourth-order valence-corrected chi connectivity index (χ4v) is 1.53. The summed E-state index contributed by atoms with van der Waals surface area (Å²) in [5.41, 5.74) is 0.458. The monoisotopic (exact) mass is 127 g/mol. The van der Waals surface area contributed by atoms with Crippen LogP contribution in [0.3, 0.4) is 0 Å². The molecule has 9 heavy (non-hydrogen) atoms. The summed E-state index contributed by atoms with van der Waals surface area (Å²) in [6.07, 6.45) is 2.72. The molecule has 0 N–H and O–H groups in total. The molecule has 0 aliphatic carbocycles. The number of nitrogens with zero attached hydrogens (tertiary/aromatic N) is 1. The first-order valence-corrected chi connectivity index (χ1v) is 3.77. The summed E-state index contributed by atoms with van der Waals surface area (Å²) in [7, 11) is 2.22. The van der Waals surface area contributed by atoms with E-state index in [4.69, 9.17) is 0 Å². The minimum absolute atomic E-state index is 0.458. The SMILES string of the molecule is C[C@H]1CCC(C)(C)N1C. The first-order valence-electron chi connectivity index (χ1n) is 3.77. The summed E-state index contributed by atoms with van der Waals surface area (Å²) in [6.45, 7) is 6.93. The summed E-state index contributed by atoms with van der Waals surface area (Å²) in [4.78, 5) is 2.47. The maximum absolute atomic E-state index is 2.47. The van der Waals surface area contributed by atoms with Gasteiger partial charge in [0.05, 0.1) is 0 Å². The maximum Gasteiger partial charge on any atom is 0.0153 e. The van der Waals surface area contributed by atoms with Gasteiger partial charge in [0.15, 0.2) is 0 Å². The molecular weight excluding hydrogens is 110 g/mol. The third-order valence-corrected chi connectivity index (χ3v) is 2.79. The molecule has 1 fully saturated rings. The number of hydrogen-bond acceptors (Lipinski definition) is 1. The van der Waals surface area contributed by atoms with Gasteiger partial charge in [-0.15, -0.1) is 0 Å². The van der Waals surface area contributed by atoms with Crippen molar-refractivity contribution in [2.75, 3.05) is 7.05 Å². The highest BCUT2D eigenvalue weighted by molar-refractivity contribution is 4.89. The minimum atomic E-state index is 0.458. The highest BCUT2D eigenvalue weighted by Gasteiger charge is 2.33. The maximum atomic E-state index is 2.47. The zero-order valence-electron chi connectivity index (χ0n) is 6.94. The van der Waals surface area contributed by atoms with Crippen LogP contribution in [0.25, 0.3) is 0 Å². The molecule has 54 valence electrons. The first-order chi connectivity index (χ1) is 4.04. The Bertz CT molecular complexity index is 107. The second-order valence-electron chi connectivity index (χ2n) is 3.81. The second kappa shape index (κ2) is 1.98. The average molecular weight is 127 g/mol. The van der Waals surface area contributed by atoms with E-state index in [1.807, 2.05) is 0 Å². The van der Waals surface area contributed by atoms with Crippen LogP contribution in [0.2, 0.25) is 0 Å². The van der Waals surface area contributed by atoms with Crippen LogP contribution >= 0.6 is 0 Å². The third kappa shape index (κ3) is 1.11. The lowest BCUT2D eigenvalue weighted by Crippen LogP contribution is -2.38. The minimum Gasteiger partial charge on any atom is -0.299 e. The quantitative estimate of drug-likeness (QED) is 0.480. The van der Waals surface area contributed by atoms with E-state index in [0.717, 1.165) is 6.04 Å². The molecule has 0 spiro atoms. The third-order valence-electron chi connectivity index (χ3n) is 2.79. The van der Waals surface area contributed by atoms with Crippen LogP contribution in [0, 0.1) is 0 Å². The number of likely N-dealkylation sites (tertiary alicyclic amines) is 1. The highest BCUT2D eigenvalue weighted by Crippen LogP contribution is 2.30. The molecule has 1 heteroatoms. The van der Waals surface area contributed by atoms with Gasteiger partial charge >= 0.3 is 0 Å². The zero-order chi connectivity index (χ0) is 7.07. The zero-order valence-corrected chi connectivity index (χ0v) is 6.94. The van der Waals surface area contributed by atoms with Crippen molar-refractivity contribution < 1.29 is 0 Å². The van der Waals surface area contributed by atoms with Crippen molar-refractivity contribution in [2.45, 2.75) is 45.2 Å². The highest BCUT2D eigenvalue weighted by atomic mass is 15.2. The lowest BCUT2D eigenvalue weighted by Gasteiger charge is -2.30. The van der Waals surface area contributed by atoms with E-state index >= 15 is 0 Å². The molecule has 0 aromatic heterocycles. The lowest BCUT2D eigenvalue weighted by molar-refractivity contribution is 0.178. The van der Waals surface area contributed by atoms with E-state index in [9.17, 15) is 0 Å². The van der Waals surface area contributed by atoms with E-state index in [1.54, 1.807) is 0 Å². The van der Waals surface area contributed by atoms with Gasteiger partial charge in [-0.2, -0.15) is 0 Å². The summed E-state index contributed by atoms with van der Waals surface area (Å²) in [5.74, 6) is 0. The molecule has 1 rings (SSSR count). The Morgan fingerprint density at radius 3 is 2.11 bits per heavy atom. The van der Waals surface area contributed by atoms with Gasteiger partial charge in [-0.05, 0) is 40.7 Å². The molecule has 1 atom stereocenters. The van der Waals surface area contributed by atoms with Crippen LogP contribution in [0.1, 0.15) is 33.6 Å². The van der Waals surface area contributed by atoms with Crippen LogP contribution in [0.15, 0.2) is 0 Å². The van der Waals surface area contributed by atoms with Gasteiger partial charge in [-0.1, -0.05) is 0 Å². The normalized spacial score (nSPS) is 35.3. The lowest BCUT2D eigenvalue weighted by atomic mass is 10.0. The summed E-state index contributed by atoms with van der Waals surface area (Å²) in [6, 6.07) is 0.792. The van der Waals surface area contributed by atoms with Crippen LogP contribution in [0.4, 0.5) is 0 Å². The Morgan fingerprint density at radius 2 is 2.00 bits per heavy atom. The van der Waals surface area contributed by atoms with E-state index in [-0.39, 0.29) is 0 Å². The van der Waals surface area contributed by atoms with Gasteiger partial charge in [0.25, 0.3) is 0 Å². The van der Waals surface area contributed by atoms with Gasteiger partial charge < -0.3 is 0 Å². The molecule has 0 unspecified atom stereocenters. The molecule has 1 nitrogen and oxygen atoms in total. The van der Waals surface area contributed by atoms with Crippen molar-refractivity contribution in [1.82, 2.24) is 4.90 Å². The van der Waals surface area contributed by atoms with Crippen LogP contribution in [0.5, 0.6) is 0 Å². The molecule has 0 bridgehead atoms. The topological polar surface area (TPSA) is 3.24 Å². The Balaban J connectivity index is 2.62. The van der Waals surface area contributed by atoms with Gasteiger partial charge in [-0.25, -0.2) is 0 Å². The molecule has 1 aliphatic rings. The molecule has 1 saturated heterocycles. The molecule has 1 aliphatic heterocycles. The van der Waals surface area contributed by atoms with E-state index < -0.39 is 0 Å². The first kappa shape index (κ1) is 7.07. The van der Waals surface area contributed by atoms with Crippen molar-refractivity contribution >= 4 is 0 Å². The van der Waals surface area contributed by atoms with Gasteiger partial charge in [0.1, 0.15) is 0 Å². The van der Waals surface area contributed by atoms with Crippen molar-refractivity contribution in [2.24, 2.45) is 0 Å². The van der Waals surface area contributed by atoms with E-state index in [2.05, 4.69) is 32.7 Å². The predicted octanol–water partition coefficient (Wildman–Crippen LogP) is 1.88. The largest absolute Gasteiger partial charge is 0.299 e. The predicted molar refractivity (Wildman–Crippen MR) is 40.5 cm³/mol. The van der Waals surface area contributed by atoms with Crippen LogP contribution in [-0.4, -0.2) is 23.5 Å². The smallest absolute Gasteiger partial charge is 0.0153 e. The number of rotatable bonds is 0. The molecule has 0 aromatic carbocycles. The second-order valence-corrected chi connectivity index (χ2v) is 3.81. The fourth-order valence-electron chi connectivity index (χ4n) is 1.53. The standard InChI is InChI=1S/C8H17N/c1-7-5-6-8(2,3)9(7)4/h7H,5-6H2,1-4H3/t7-/m0/s1. The Hall–Kier alpha value is -0.0400. The Labute approximate surface area is 58.0 Å². The average Bonchev–Trinajstić information content (AvgIpc) is 1.97. The molecule has 0 radical (unpaired) electrons. The summed E-state index contributed by atoms with van der Waals surface area (Å²) < 4.78 is 0. The fraction of sp³-hybridized carbons (Fsp3) is 1.00. The molecule has 0 aromatic rings.